The van der Waals surface area contributed by atoms with E-state index >= 15 is 0 Å². The highest BCUT2D eigenvalue weighted by Gasteiger charge is 2.32. The molecule has 0 amide bonds. The first-order valence-electron chi connectivity index (χ1n) is 11.3. The highest BCUT2D eigenvalue weighted by molar-refractivity contribution is 7.99. The van der Waals surface area contributed by atoms with Gasteiger partial charge in [0.25, 0.3) is 10.0 Å². The molecular weight excluding hydrogens is 585 g/mol. The van der Waals surface area contributed by atoms with Crippen molar-refractivity contribution in [1.29, 1.82) is 0 Å². The molecule has 1 aromatic heterocycles. The van der Waals surface area contributed by atoms with E-state index in [-0.39, 0.29) is 10.8 Å². The van der Waals surface area contributed by atoms with Crippen LogP contribution in [0.4, 0.5) is 19.1 Å². The monoisotopic (exact) mass is 606 g/mol. The Kier molecular flexibility index (Phi) is 8.28. The fourth-order valence-electron chi connectivity index (χ4n) is 3.74. The Bertz CT molecular complexity index is 1550. The van der Waals surface area contributed by atoms with Gasteiger partial charge in [-0.05, 0) is 62.2 Å². The number of nitrogens with one attached hydrogen (secondary N) is 1. The van der Waals surface area contributed by atoms with E-state index in [1.54, 1.807) is 31.2 Å². The van der Waals surface area contributed by atoms with E-state index in [4.69, 9.17) is 11.6 Å². The average molecular weight is 607 g/mol. The van der Waals surface area contributed by atoms with Crippen LogP contribution < -0.4 is 4.72 Å². The van der Waals surface area contributed by atoms with Crippen molar-refractivity contribution in [2.24, 2.45) is 0 Å². The first kappa shape index (κ1) is 28.6. The van der Waals surface area contributed by atoms with Gasteiger partial charge in [-0.25, -0.2) is 31.5 Å². The number of aryl methyl sites for hydroxylation is 1. The maximum absolute atomic E-state index is 12.9. The number of alkyl halides is 3. The predicted molar refractivity (Wildman–Crippen MR) is 137 cm³/mol. The summed E-state index contributed by atoms with van der Waals surface area (Å²) in [6.07, 6.45) is -0.579. The second kappa shape index (κ2) is 11.0. The van der Waals surface area contributed by atoms with Gasteiger partial charge in [-0.15, -0.1) is 0 Å². The summed E-state index contributed by atoms with van der Waals surface area (Å²) in [5, 5.41) is -0.595. The van der Waals surface area contributed by atoms with Crippen molar-refractivity contribution in [3.8, 4) is 0 Å². The van der Waals surface area contributed by atoms with E-state index in [1.807, 2.05) is 0 Å². The SMILES string of the molecule is Cc1nc(NS(=O)(=O)c2ccc(C(F)(F)F)cc2Cl)ncc1Sc1ccc(S(=O)(=O)N2CCCCC2)cc1. The van der Waals surface area contributed by atoms with E-state index in [9.17, 15) is 30.0 Å². The van der Waals surface area contributed by atoms with Crippen LogP contribution in [0.1, 0.15) is 30.5 Å². The van der Waals surface area contributed by atoms with E-state index in [1.165, 1.54) is 22.3 Å². The Morgan fingerprint density at radius 1 is 1.00 bits per heavy atom. The molecule has 15 heteroatoms. The molecule has 204 valence electrons. The molecule has 0 radical (unpaired) electrons. The molecule has 4 rings (SSSR count). The van der Waals surface area contributed by atoms with Crippen LogP contribution in [0, 0.1) is 6.92 Å². The number of hydrogen-bond acceptors (Lipinski definition) is 7. The van der Waals surface area contributed by atoms with Gasteiger partial charge < -0.3 is 0 Å². The van der Waals surface area contributed by atoms with Gasteiger partial charge in [0.15, 0.2) is 0 Å². The lowest BCUT2D eigenvalue weighted by atomic mass is 10.2. The van der Waals surface area contributed by atoms with Gasteiger partial charge in [0.1, 0.15) is 4.90 Å². The highest BCUT2D eigenvalue weighted by Crippen LogP contribution is 2.34. The minimum absolute atomic E-state index is 0.211. The summed E-state index contributed by atoms with van der Waals surface area (Å²) in [6, 6.07) is 8.34. The summed E-state index contributed by atoms with van der Waals surface area (Å²) in [5.74, 6) is -0.286. The minimum Gasteiger partial charge on any atom is -0.247 e. The molecule has 0 saturated carbocycles. The Morgan fingerprint density at radius 3 is 2.24 bits per heavy atom. The Hall–Kier alpha value is -2.39. The lowest BCUT2D eigenvalue weighted by molar-refractivity contribution is -0.137. The van der Waals surface area contributed by atoms with Crippen molar-refractivity contribution >= 4 is 49.4 Å². The van der Waals surface area contributed by atoms with Gasteiger partial charge in [-0.2, -0.15) is 17.5 Å². The molecule has 1 saturated heterocycles. The molecule has 0 unspecified atom stereocenters. The molecule has 0 bridgehead atoms. The van der Waals surface area contributed by atoms with Gasteiger partial charge in [-0.1, -0.05) is 29.8 Å². The molecule has 1 aliphatic rings. The summed E-state index contributed by atoms with van der Waals surface area (Å²) in [5.41, 5.74) is -0.654. The van der Waals surface area contributed by atoms with E-state index in [2.05, 4.69) is 14.7 Å². The molecule has 0 spiro atoms. The summed E-state index contributed by atoms with van der Waals surface area (Å²) in [4.78, 5) is 9.11. The lowest BCUT2D eigenvalue weighted by Gasteiger charge is -2.25. The first-order valence-corrected chi connectivity index (χ1v) is 15.4. The molecule has 2 heterocycles. The number of aromatic nitrogens is 2. The van der Waals surface area contributed by atoms with Crippen molar-refractivity contribution < 1.29 is 30.0 Å². The fraction of sp³-hybridized carbons (Fsp3) is 0.304. The first-order chi connectivity index (χ1) is 17.8. The van der Waals surface area contributed by atoms with Crippen LogP contribution in [0.5, 0.6) is 0 Å². The zero-order valence-corrected chi connectivity index (χ0v) is 23.1. The number of anilines is 1. The quantitative estimate of drug-likeness (QED) is 0.374. The van der Waals surface area contributed by atoms with Crippen molar-refractivity contribution in [3.63, 3.8) is 0 Å². The number of halogens is 4. The standard InChI is InChI=1S/C23H22ClF3N4O4S3/c1-15-20(36-17-6-8-18(9-7-17)38(34,35)31-11-3-2-4-12-31)14-28-22(29-15)30-37(32,33)21-10-5-16(13-19(21)24)23(25,26)27/h5-10,13-14H,2-4,11-12H2,1H3,(H,28,29,30). The molecule has 0 aliphatic carbocycles. The largest absolute Gasteiger partial charge is 0.416 e. The summed E-state index contributed by atoms with van der Waals surface area (Å²) < 4.78 is 93.2. The number of rotatable bonds is 7. The van der Waals surface area contributed by atoms with Gasteiger partial charge in [0.05, 0.1) is 26.1 Å². The smallest absolute Gasteiger partial charge is 0.247 e. The van der Waals surface area contributed by atoms with Crippen LogP contribution in [-0.4, -0.2) is 44.2 Å². The van der Waals surface area contributed by atoms with Crippen molar-refractivity contribution in [2.75, 3.05) is 17.8 Å². The van der Waals surface area contributed by atoms with Crippen LogP contribution in [0.2, 0.25) is 5.02 Å². The number of piperidine rings is 1. The normalized spacial score (nSPS) is 15.4. The Morgan fingerprint density at radius 2 is 1.66 bits per heavy atom. The van der Waals surface area contributed by atoms with Crippen LogP contribution in [0.15, 0.2) is 68.2 Å². The third-order valence-corrected chi connectivity index (χ3v) is 10.6. The topological polar surface area (TPSA) is 109 Å². The predicted octanol–water partition coefficient (Wildman–Crippen LogP) is 5.58. The summed E-state index contributed by atoms with van der Waals surface area (Å²) in [6.45, 7) is 2.65. The van der Waals surface area contributed by atoms with Crippen molar-refractivity contribution in [3.05, 3.63) is 64.9 Å². The second-order valence-electron chi connectivity index (χ2n) is 8.43. The zero-order valence-electron chi connectivity index (χ0n) is 19.9. The molecule has 1 aliphatic heterocycles. The minimum atomic E-state index is -4.67. The molecule has 0 atom stereocenters. The number of hydrogen-bond donors (Lipinski definition) is 1. The van der Waals surface area contributed by atoms with Gasteiger partial charge in [-0.3, -0.25) is 0 Å². The summed E-state index contributed by atoms with van der Waals surface area (Å²) >= 11 is 7.07. The van der Waals surface area contributed by atoms with Crippen LogP contribution in [0.25, 0.3) is 0 Å². The molecular formula is C23H22ClF3N4O4S3. The maximum atomic E-state index is 12.9. The molecule has 1 N–H and O–H groups in total. The Balaban J connectivity index is 1.47. The van der Waals surface area contributed by atoms with Gasteiger partial charge in [0.2, 0.25) is 16.0 Å². The van der Waals surface area contributed by atoms with Gasteiger partial charge in [0, 0.05) is 24.2 Å². The van der Waals surface area contributed by atoms with E-state index in [0.717, 1.165) is 30.2 Å². The number of nitrogens with zero attached hydrogens (tertiary/aromatic N) is 3. The van der Waals surface area contributed by atoms with Gasteiger partial charge >= 0.3 is 6.18 Å². The number of sulfonamides is 2. The highest BCUT2D eigenvalue weighted by atomic mass is 35.5. The lowest BCUT2D eigenvalue weighted by Crippen LogP contribution is -2.35. The number of benzene rings is 2. The molecule has 8 nitrogen and oxygen atoms in total. The fourth-order valence-corrected chi connectivity index (χ4v) is 7.58. The van der Waals surface area contributed by atoms with Crippen LogP contribution in [0.3, 0.4) is 0 Å². The van der Waals surface area contributed by atoms with E-state index < -0.39 is 41.7 Å². The molecule has 3 aromatic rings. The van der Waals surface area contributed by atoms with Crippen LogP contribution >= 0.6 is 23.4 Å². The van der Waals surface area contributed by atoms with Crippen molar-refractivity contribution in [1.82, 2.24) is 14.3 Å². The second-order valence-corrected chi connectivity index (χ2v) is 13.5. The zero-order chi connectivity index (χ0) is 27.7. The van der Waals surface area contributed by atoms with Crippen molar-refractivity contribution in [2.45, 2.75) is 51.9 Å². The average Bonchev–Trinajstić information content (AvgIpc) is 2.85. The summed E-state index contributed by atoms with van der Waals surface area (Å²) in [7, 11) is -7.91. The molecule has 38 heavy (non-hydrogen) atoms. The molecule has 2 aromatic carbocycles. The van der Waals surface area contributed by atoms with E-state index in [0.29, 0.717) is 35.8 Å². The van der Waals surface area contributed by atoms with Crippen LogP contribution in [-0.2, 0) is 26.2 Å². The third kappa shape index (κ3) is 6.42. The maximum Gasteiger partial charge on any atom is 0.416 e. The Labute approximate surface area is 227 Å². The molecule has 1 fully saturated rings. The third-order valence-electron chi connectivity index (χ3n) is 5.71.